The number of aliphatic hydroxyl groups excluding tert-OH is 1. The minimum Gasteiger partial charge on any atom is -0.389 e. The Labute approximate surface area is 107 Å². The lowest BCUT2D eigenvalue weighted by Gasteiger charge is -2.17. The van der Waals surface area contributed by atoms with Gasteiger partial charge in [-0.1, -0.05) is 40.0 Å². The van der Waals surface area contributed by atoms with Crippen LogP contribution in [0.4, 0.5) is 0 Å². The summed E-state index contributed by atoms with van der Waals surface area (Å²) < 4.78 is 5.59. The molecule has 3 nitrogen and oxygen atoms in total. The molecule has 0 aromatic carbocycles. The molecule has 104 valence electrons. The second-order valence-corrected chi connectivity index (χ2v) is 4.81. The first kappa shape index (κ1) is 16.9. The molecular formula is C14H31NO2. The van der Waals surface area contributed by atoms with Crippen molar-refractivity contribution in [1.29, 1.82) is 0 Å². The number of aliphatic hydroxyl groups is 1. The van der Waals surface area contributed by atoms with Gasteiger partial charge in [-0.3, -0.25) is 0 Å². The fourth-order valence-electron chi connectivity index (χ4n) is 1.77. The van der Waals surface area contributed by atoms with Crippen LogP contribution in [0.25, 0.3) is 0 Å². The minimum absolute atomic E-state index is 0.370. The van der Waals surface area contributed by atoms with Crippen LogP contribution in [0.2, 0.25) is 0 Å². The highest BCUT2D eigenvalue weighted by molar-refractivity contribution is 4.60. The maximum absolute atomic E-state index is 9.65. The first-order valence-electron chi connectivity index (χ1n) is 7.21. The number of hydrogen-bond donors (Lipinski definition) is 2. The standard InChI is InChI=1S/C14H31NO2/c1-4-7-8-13(6-3)11-17-12-14(16)10-15-9-5-2/h13-16H,4-12H2,1-3H3. The van der Waals surface area contributed by atoms with Crippen molar-refractivity contribution in [3.05, 3.63) is 0 Å². The molecule has 17 heavy (non-hydrogen) atoms. The topological polar surface area (TPSA) is 41.5 Å². The number of nitrogens with one attached hydrogen (secondary N) is 1. The van der Waals surface area contributed by atoms with Crippen LogP contribution in [-0.4, -0.2) is 37.5 Å². The molecule has 2 unspecified atom stereocenters. The summed E-state index contributed by atoms with van der Waals surface area (Å²) in [4.78, 5) is 0. The molecule has 3 heteroatoms. The number of hydrogen-bond acceptors (Lipinski definition) is 3. The summed E-state index contributed by atoms with van der Waals surface area (Å²) in [5, 5.41) is 12.8. The van der Waals surface area contributed by atoms with Gasteiger partial charge in [0.2, 0.25) is 0 Å². The van der Waals surface area contributed by atoms with E-state index in [-0.39, 0.29) is 6.10 Å². The van der Waals surface area contributed by atoms with Gasteiger partial charge in [-0.05, 0) is 25.3 Å². The third-order valence-electron chi connectivity index (χ3n) is 3.01. The van der Waals surface area contributed by atoms with Gasteiger partial charge in [-0.2, -0.15) is 0 Å². The maximum atomic E-state index is 9.65. The monoisotopic (exact) mass is 245 g/mol. The summed E-state index contributed by atoms with van der Waals surface area (Å²) in [6.45, 7) is 9.40. The molecule has 0 radical (unpaired) electrons. The van der Waals surface area contributed by atoms with Gasteiger partial charge in [0, 0.05) is 13.2 Å². The molecule has 0 saturated heterocycles. The molecule has 0 aliphatic heterocycles. The summed E-state index contributed by atoms with van der Waals surface area (Å²) in [7, 11) is 0. The van der Waals surface area contributed by atoms with Gasteiger partial charge in [0.1, 0.15) is 0 Å². The van der Waals surface area contributed by atoms with Gasteiger partial charge in [0.05, 0.1) is 12.7 Å². The molecule has 0 heterocycles. The van der Waals surface area contributed by atoms with Crippen molar-refractivity contribution >= 4 is 0 Å². The van der Waals surface area contributed by atoms with Crippen LogP contribution in [0.5, 0.6) is 0 Å². The summed E-state index contributed by atoms with van der Waals surface area (Å²) in [6, 6.07) is 0. The molecule has 0 bridgehead atoms. The molecule has 0 aromatic rings. The fraction of sp³-hybridized carbons (Fsp3) is 1.00. The van der Waals surface area contributed by atoms with Crippen LogP contribution in [0.15, 0.2) is 0 Å². The highest BCUT2D eigenvalue weighted by Gasteiger charge is 2.08. The molecule has 0 spiro atoms. The van der Waals surface area contributed by atoms with Gasteiger partial charge in [0.15, 0.2) is 0 Å². The lowest BCUT2D eigenvalue weighted by atomic mass is 10.0. The van der Waals surface area contributed by atoms with Gasteiger partial charge in [-0.25, -0.2) is 0 Å². The predicted molar refractivity (Wildman–Crippen MR) is 73.3 cm³/mol. The zero-order valence-electron chi connectivity index (χ0n) is 11.9. The summed E-state index contributed by atoms with van der Waals surface area (Å²) in [5.41, 5.74) is 0. The molecule has 2 N–H and O–H groups in total. The Morgan fingerprint density at radius 1 is 1.12 bits per heavy atom. The smallest absolute Gasteiger partial charge is 0.0897 e. The first-order chi connectivity index (χ1) is 8.24. The molecule has 0 aromatic heterocycles. The highest BCUT2D eigenvalue weighted by Crippen LogP contribution is 2.12. The van der Waals surface area contributed by atoms with E-state index in [1.54, 1.807) is 0 Å². The highest BCUT2D eigenvalue weighted by atomic mass is 16.5. The first-order valence-corrected chi connectivity index (χ1v) is 7.21. The lowest BCUT2D eigenvalue weighted by Crippen LogP contribution is -2.31. The van der Waals surface area contributed by atoms with Crippen molar-refractivity contribution in [2.45, 2.75) is 59.0 Å². The molecule has 0 saturated carbocycles. The van der Waals surface area contributed by atoms with E-state index >= 15 is 0 Å². The summed E-state index contributed by atoms with van der Waals surface area (Å²) in [6.07, 6.45) is 5.68. The third kappa shape index (κ3) is 10.7. The Morgan fingerprint density at radius 3 is 2.47 bits per heavy atom. The molecule has 0 amide bonds. The Morgan fingerprint density at radius 2 is 1.88 bits per heavy atom. The van der Waals surface area contributed by atoms with E-state index in [4.69, 9.17) is 4.74 Å². The maximum Gasteiger partial charge on any atom is 0.0897 e. The quantitative estimate of drug-likeness (QED) is 0.519. The van der Waals surface area contributed by atoms with E-state index in [1.165, 1.54) is 25.7 Å². The van der Waals surface area contributed by atoms with E-state index in [1.807, 2.05) is 0 Å². The van der Waals surface area contributed by atoms with Crippen LogP contribution in [0.1, 0.15) is 52.9 Å². The van der Waals surface area contributed by atoms with Gasteiger partial charge >= 0.3 is 0 Å². The van der Waals surface area contributed by atoms with Crippen molar-refractivity contribution in [3.63, 3.8) is 0 Å². The average molecular weight is 245 g/mol. The normalized spacial score (nSPS) is 14.8. The second kappa shape index (κ2) is 12.3. The van der Waals surface area contributed by atoms with Crippen molar-refractivity contribution in [2.75, 3.05) is 26.3 Å². The van der Waals surface area contributed by atoms with Crippen LogP contribution in [0, 0.1) is 5.92 Å². The van der Waals surface area contributed by atoms with Gasteiger partial charge in [-0.15, -0.1) is 0 Å². The van der Waals surface area contributed by atoms with Crippen molar-refractivity contribution in [3.8, 4) is 0 Å². The summed E-state index contributed by atoms with van der Waals surface area (Å²) in [5.74, 6) is 0.658. The Hall–Kier alpha value is -0.120. The third-order valence-corrected chi connectivity index (χ3v) is 3.01. The fourth-order valence-corrected chi connectivity index (χ4v) is 1.77. The largest absolute Gasteiger partial charge is 0.389 e. The minimum atomic E-state index is -0.370. The molecule has 0 fully saturated rings. The van der Waals surface area contributed by atoms with E-state index < -0.39 is 0 Å². The second-order valence-electron chi connectivity index (χ2n) is 4.81. The number of ether oxygens (including phenoxy) is 1. The van der Waals surface area contributed by atoms with E-state index in [0.29, 0.717) is 19.1 Å². The molecule has 0 aliphatic carbocycles. The lowest BCUT2D eigenvalue weighted by molar-refractivity contribution is 0.0194. The molecule has 0 aliphatic rings. The zero-order chi connectivity index (χ0) is 12.9. The van der Waals surface area contributed by atoms with Crippen LogP contribution < -0.4 is 5.32 Å². The number of unbranched alkanes of at least 4 members (excludes halogenated alkanes) is 1. The van der Waals surface area contributed by atoms with E-state index in [9.17, 15) is 5.11 Å². The summed E-state index contributed by atoms with van der Waals surface area (Å²) >= 11 is 0. The average Bonchev–Trinajstić information content (AvgIpc) is 2.34. The van der Waals surface area contributed by atoms with E-state index in [2.05, 4.69) is 26.1 Å². The Balaban J connectivity index is 3.45. The van der Waals surface area contributed by atoms with Gasteiger partial charge in [0.25, 0.3) is 0 Å². The van der Waals surface area contributed by atoms with Crippen LogP contribution in [0.3, 0.4) is 0 Å². The Bertz CT molecular complexity index is 153. The molecule has 2 atom stereocenters. The molecule has 0 rings (SSSR count). The number of rotatable bonds is 12. The van der Waals surface area contributed by atoms with Crippen molar-refractivity contribution in [1.82, 2.24) is 5.32 Å². The zero-order valence-corrected chi connectivity index (χ0v) is 11.9. The van der Waals surface area contributed by atoms with E-state index in [0.717, 1.165) is 19.6 Å². The molecular weight excluding hydrogens is 214 g/mol. The van der Waals surface area contributed by atoms with Crippen molar-refractivity contribution in [2.24, 2.45) is 5.92 Å². The van der Waals surface area contributed by atoms with Crippen LogP contribution >= 0.6 is 0 Å². The van der Waals surface area contributed by atoms with Crippen molar-refractivity contribution < 1.29 is 9.84 Å². The SMILES string of the molecule is CCCCC(CC)COCC(O)CNCCC. The Kier molecular flexibility index (Phi) is 12.3. The van der Waals surface area contributed by atoms with Crippen LogP contribution in [-0.2, 0) is 4.74 Å². The predicted octanol–water partition coefficient (Wildman–Crippen LogP) is 2.58. The van der Waals surface area contributed by atoms with Gasteiger partial charge < -0.3 is 15.2 Å².